The van der Waals surface area contributed by atoms with Gasteiger partial charge in [-0.15, -0.1) is 0 Å². The van der Waals surface area contributed by atoms with Crippen molar-refractivity contribution < 1.29 is 4.79 Å². The molecule has 2 unspecified atom stereocenters. The van der Waals surface area contributed by atoms with E-state index in [0.29, 0.717) is 6.04 Å². The summed E-state index contributed by atoms with van der Waals surface area (Å²) in [5.41, 5.74) is -0.720. The summed E-state index contributed by atoms with van der Waals surface area (Å²) in [5, 5.41) is 12.6. The predicted octanol–water partition coefficient (Wildman–Crippen LogP) is 1.81. The maximum atomic E-state index is 12.5. The summed E-state index contributed by atoms with van der Waals surface area (Å²) < 4.78 is 0. The van der Waals surface area contributed by atoms with Crippen molar-refractivity contribution in [3.8, 4) is 6.07 Å². The summed E-state index contributed by atoms with van der Waals surface area (Å²) in [6.07, 6.45) is 8.34. The van der Waals surface area contributed by atoms with Crippen LogP contribution < -0.4 is 5.32 Å². The first-order valence-electron chi connectivity index (χ1n) is 7.71. The van der Waals surface area contributed by atoms with Crippen LogP contribution in [-0.4, -0.2) is 36.0 Å². The first kappa shape index (κ1) is 12.9. The third-order valence-corrected chi connectivity index (χ3v) is 5.28. The molecule has 2 saturated heterocycles. The molecule has 3 aliphatic rings. The summed E-state index contributed by atoms with van der Waals surface area (Å²) in [6, 6.07) is 3.10. The number of hydrogen-bond donors (Lipinski definition) is 1. The van der Waals surface area contributed by atoms with Gasteiger partial charge in [-0.2, -0.15) is 5.26 Å². The summed E-state index contributed by atoms with van der Waals surface area (Å²) in [5.74, 6) is 0.00456. The lowest BCUT2D eigenvalue weighted by Gasteiger charge is -2.33. The molecule has 4 heteroatoms. The van der Waals surface area contributed by atoms with Crippen LogP contribution >= 0.6 is 0 Å². The van der Waals surface area contributed by atoms with Crippen LogP contribution in [0.5, 0.6) is 0 Å². The lowest BCUT2D eigenvalue weighted by Crippen LogP contribution is -2.50. The molecule has 0 bridgehead atoms. The number of nitrogens with zero attached hydrogens (tertiary/aromatic N) is 2. The van der Waals surface area contributed by atoms with Crippen LogP contribution in [0.15, 0.2) is 0 Å². The normalized spacial score (nSPS) is 33.6. The summed E-state index contributed by atoms with van der Waals surface area (Å²) in [7, 11) is 0. The maximum Gasteiger partial charge on any atom is 0.240 e. The Morgan fingerprint density at radius 3 is 2.68 bits per heavy atom. The first-order chi connectivity index (χ1) is 9.25. The highest BCUT2D eigenvalue weighted by Crippen LogP contribution is 2.38. The highest BCUT2D eigenvalue weighted by molar-refractivity contribution is 5.86. The molecule has 4 nitrogen and oxygen atoms in total. The average Bonchev–Trinajstić information content (AvgIpc) is 3.07. The largest absolute Gasteiger partial charge is 0.350 e. The topological polar surface area (TPSA) is 56.1 Å². The van der Waals surface area contributed by atoms with Crippen molar-refractivity contribution in [3.63, 3.8) is 0 Å². The monoisotopic (exact) mass is 261 g/mol. The number of amides is 1. The number of fused-ring (bicyclic) bond motifs is 1. The Hall–Kier alpha value is -1.08. The number of hydrogen-bond acceptors (Lipinski definition) is 3. The van der Waals surface area contributed by atoms with E-state index in [0.717, 1.165) is 38.6 Å². The number of carbonyl (C=O) groups is 1. The second-order valence-electron chi connectivity index (χ2n) is 6.37. The molecule has 2 atom stereocenters. The van der Waals surface area contributed by atoms with Crippen LogP contribution in [0.3, 0.4) is 0 Å². The van der Waals surface area contributed by atoms with Gasteiger partial charge in [0.2, 0.25) is 5.91 Å². The molecular weight excluding hydrogens is 238 g/mol. The minimum atomic E-state index is -0.720. The van der Waals surface area contributed by atoms with Crippen LogP contribution in [-0.2, 0) is 4.79 Å². The molecule has 0 spiro atoms. The zero-order valence-electron chi connectivity index (χ0n) is 11.5. The number of carbonyl (C=O) groups excluding carboxylic acids is 1. The standard InChI is InChI=1S/C15H23N3O/c16-11-15(7-2-3-8-15)14(19)17-12-6-10-18-9-4-1-5-13(12)18/h12-13H,1-10H2,(H,17,19). The molecule has 1 saturated carbocycles. The fraction of sp³-hybridized carbons (Fsp3) is 0.867. The molecule has 2 aliphatic heterocycles. The van der Waals surface area contributed by atoms with Gasteiger partial charge in [-0.3, -0.25) is 9.69 Å². The number of nitrogens with one attached hydrogen (secondary N) is 1. The number of nitriles is 1. The number of piperidine rings is 1. The highest BCUT2D eigenvalue weighted by Gasteiger charge is 2.44. The van der Waals surface area contributed by atoms with E-state index in [9.17, 15) is 10.1 Å². The second-order valence-corrected chi connectivity index (χ2v) is 6.37. The Morgan fingerprint density at radius 1 is 1.16 bits per heavy atom. The van der Waals surface area contributed by atoms with Crippen LogP contribution in [0.4, 0.5) is 0 Å². The van der Waals surface area contributed by atoms with Crippen LogP contribution in [0.1, 0.15) is 51.4 Å². The Bertz CT molecular complexity index is 395. The van der Waals surface area contributed by atoms with Gasteiger partial charge in [0.15, 0.2) is 0 Å². The average molecular weight is 261 g/mol. The molecule has 1 amide bonds. The van der Waals surface area contributed by atoms with E-state index in [2.05, 4.69) is 16.3 Å². The third kappa shape index (κ3) is 2.25. The van der Waals surface area contributed by atoms with E-state index in [4.69, 9.17) is 0 Å². The molecule has 3 rings (SSSR count). The first-order valence-corrected chi connectivity index (χ1v) is 7.71. The van der Waals surface area contributed by atoms with E-state index in [1.54, 1.807) is 0 Å². The molecule has 19 heavy (non-hydrogen) atoms. The van der Waals surface area contributed by atoms with Crippen molar-refractivity contribution in [2.24, 2.45) is 5.41 Å². The van der Waals surface area contributed by atoms with Gasteiger partial charge in [-0.1, -0.05) is 19.3 Å². The van der Waals surface area contributed by atoms with Crippen LogP contribution in [0, 0.1) is 16.7 Å². The molecule has 0 aromatic rings. The van der Waals surface area contributed by atoms with Gasteiger partial charge in [0.1, 0.15) is 5.41 Å². The Kier molecular flexibility index (Phi) is 3.49. The van der Waals surface area contributed by atoms with Gasteiger partial charge in [-0.25, -0.2) is 0 Å². The molecule has 3 fully saturated rings. The molecule has 0 aromatic heterocycles. The molecule has 1 aliphatic carbocycles. The van der Waals surface area contributed by atoms with Gasteiger partial charge in [-0.05, 0) is 38.6 Å². The highest BCUT2D eigenvalue weighted by atomic mass is 16.2. The summed E-state index contributed by atoms with van der Waals surface area (Å²) in [6.45, 7) is 2.29. The molecule has 104 valence electrons. The minimum absolute atomic E-state index is 0.00456. The number of rotatable bonds is 2. The predicted molar refractivity (Wildman–Crippen MR) is 72.3 cm³/mol. The van der Waals surface area contributed by atoms with Gasteiger partial charge in [0.25, 0.3) is 0 Å². The van der Waals surface area contributed by atoms with Crippen molar-refractivity contribution >= 4 is 5.91 Å². The zero-order valence-corrected chi connectivity index (χ0v) is 11.5. The molecule has 2 heterocycles. The van der Waals surface area contributed by atoms with E-state index >= 15 is 0 Å². The van der Waals surface area contributed by atoms with Crippen molar-refractivity contribution in [2.75, 3.05) is 13.1 Å². The molecule has 0 aromatic carbocycles. The fourth-order valence-corrected chi connectivity index (χ4v) is 4.09. The fourth-order valence-electron chi connectivity index (χ4n) is 4.09. The van der Waals surface area contributed by atoms with E-state index in [1.807, 2.05) is 0 Å². The minimum Gasteiger partial charge on any atom is -0.350 e. The zero-order chi connectivity index (χ0) is 13.3. The molecule has 0 radical (unpaired) electrons. The summed E-state index contributed by atoms with van der Waals surface area (Å²) in [4.78, 5) is 15.0. The van der Waals surface area contributed by atoms with Crippen LogP contribution in [0.25, 0.3) is 0 Å². The van der Waals surface area contributed by atoms with E-state index in [-0.39, 0.29) is 11.9 Å². The van der Waals surface area contributed by atoms with Crippen LogP contribution in [0.2, 0.25) is 0 Å². The third-order valence-electron chi connectivity index (χ3n) is 5.28. The van der Waals surface area contributed by atoms with Gasteiger partial charge >= 0.3 is 0 Å². The second kappa shape index (κ2) is 5.13. The van der Waals surface area contributed by atoms with Gasteiger partial charge < -0.3 is 5.32 Å². The smallest absolute Gasteiger partial charge is 0.240 e. The van der Waals surface area contributed by atoms with E-state index < -0.39 is 5.41 Å². The Morgan fingerprint density at radius 2 is 1.95 bits per heavy atom. The van der Waals surface area contributed by atoms with Crippen molar-refractivity contribution in [3.05, 3.63) is 0 Å². The Balaban J connectivity index is 1.65. The molecule has 1 N–H and O–H groups in total. The van der Waals surface area contributed by atoms with Crippen molar-refractivity contribution in [1.29, 1.82) is 5.26 Å². The summed E-state index contributed by atoms with van der Waals surface area (Å²) >= 11 is 0. The Labute approximate surface area is 115 Å². The van der Waals surface area contributed by atoms with Crippen molar-refractivity contribution in [1.82, 2.24) is 10.2 Å². The quantitative estimate of drug-likeness (QED) is 0.825. The maximum absolute atomic E-state index is 12.5. The van der Waals surface area contributed by atoms with E-state index in [1.165, 1.54) is 25.8 Å². The van der Waals surface area contributed by atoms with Gasteiger partial charge in [0.05, 0.1) is 6.07 Å². The lowest BCUT2D eigenvalue weighted by atomic mass is 9.86. The lowest BCUT2D eigenvalue weighted by molar-refractivity contribution is -0.128. The van der Waals surface area contributed by atoms with Gasteiger partial charge in [0, 0.05) is 18.6 Å². The van der Waals surface area contributed by atoms with Crippen molar-refractivity contribution in [2.45, 2.75) is 63.5 Å². The molecular formula is C15H23N3O. The SMILES string of the molecule is N#CC1(C(=O)NC2CCN3CCCCC23)CCCC1.